The summed E-state index contributed by atoms with van der Waals surface area (Å²) in [4.78, 5) is 6.86. The zero-order chi connectivity index (χ0) is 17.1. The number of ether oxygens (including phenoxy) is 1. The highest BCUT2D eigenvalue weighted by atomic mass is 16.5. The Bertz CT molecular complexity index is 639. The molecule has 0 saturated heterocycles. The molecule has 3 rings (SSSR count). The van der Waals surface area contributed by atoms with E-state index in [1.807, 2.05) is 13.3 Å². The molecule has 4 heteroatoms. The van der Waals surface area contributed by atoms with Gasteiger partial charge in [0.15, 0.2) is 0 Å². The summed E-state index contributed by atoms with van der Waals surface area (Å²) in [6, 6.07) is 9.81. The predicted molar refractivity (Wildman–Crippen MR) is 98.1 cm³/mol. The van der Waals surface area contributed by atoms with Crippen LogP contribution in [0.3, 0.4) is 0 Å². The number of aromatic nitrogens is 2. The molecule has 1 aliphatic carbocycles. The smallest absolute Gasteiger partial charge is 0.140 e. The lowest BCUT2D eigenvalue weighted by Crippen LogP contribution is -2.22. The van der Waals surface area contributed by atoms with Gasteiger partial charge in [-0.15, -0.1) is 0 Å². The first kappa shape index (κ1) is 17.2. The standard InChI is InChI=1S/C20H29N3O/c1-15(22(2)3)16-5-7-17(8-6-16)20-21-13-14-23(20)18-9-11-19(24-4)12-10-18/h5-8,13-15,18-19H,9-12H2,1-4H3. The van der Waals surface area contributed by atoms with E-state index in [0.717, 1.165) is 31.5 Å². The fourth-order valence-electron chi connectivity index (χ4n) is 3.60. The first-order valence-electron chi connectivity index (χ1n) is 8.92. The first-order chi connectivity index (χ1) is 11.6. The van der Waals surface area contributed by atoms with Crippen LogP contribution in [0.2, 0.25) is 0 Å². The fraction of sp³-hybridized carbons (Fsp3) is 0.550. The van der Waals surface area contributed by atoms with E-state index in [2.05, 4.69) is 65.9 Å². The molecule has 4 nitrogen and oxygen atoms in total. The van der Waals surface area contributed by atoms with Gasteiger partial charge in [0.05, 0.1) is 6.10 Å². The maximum absolute atomic E-state index is 5.50. The molecule has 0 radical (unpaired) electrons. The molecule has 24 heavy (non-hydrogen) atoms. The van der Waals surface area contributed by atoms with Crippen LogP contribution in [0, 0.1) is 0 Å². The third-order valence-electron chi connectivity index (χ3n) is 5.46. The highest BCUT2D eigenvalue weighted by molar-refractivity contribution is 5.56. The zero-order valence-corrected chi connectivity index (χ0v) is 15.3. The summed E-state index contributed by atoms with van der Waals surface area (Å²) in [7, 11) is 6.05. The Morgan fingerprint density at radius 3 is 2.38 bits per heavy atom. The molecule has 1 aromatic carbocycles. The Labute approximate surface area is 145 Å². The van der Waals surface area contributed by atoms with Gasteiger partial charge in [0.2, 0.25) is 0 Å². The van der Waals surface area contributed by atoms with Crippen LogP contribution >= 0.6 is 0 Å². The second-order valence-electron chi connectivity index (χ2n) is 7.09. The monoisotopic (exact) mass is 327 g/mol. The maximum Gasteiger partial charge on any atom is 0.140 e. The fourth-order valence-corrected chi connectivity index (χ4v) is 3.60. The number of benzene rings is 1. The minimum absolute atomic E-state index is 0.420. The van der Waals surface area contributed by atoms with E-state index in [9.17, 15) is 0 Å². The molecule has 0 amide bonds. The second kappa shape index (κ2) is 7.49. The minimum atomic E-state index is 0.420. The lowest BCUT2D eigenvalue weighted by atomic mass is 9.92. The number of nitrogens with zero attached hydrogens (tertiary/aromatic N) is 3. The van der Waals surface area contributed by atoms with Crippen LogP contribution in [0.1, 0.15) is 50.3 Å². The largest absolute Gasteiger partial charge is 0.381 e. The third-order valence-corrected chi connectivity index (χ3v) is 5.46. The number of hydrogen-bond donors (Lipinski definition) is 0. The van der Waals surface area contributed by atoms with Gasteiger partial charge in [-0.1, -0.05) is 24.3 Å². The Morgan fingerprint density at radius 2 is 1.79 bits per heavy atom. The van der Waals surface area contributed by atoms with Crippen molar-refractivity contribution in [1.29, 1.82) is 0 Å². The highest BCUT2D eigenvalue weighted by Crippen LogP contribution is 2.33. The first-order valence-corrected chi connectivity index (χ1v) is 8.92. The minimum Gasteiger partial charge on any atom is -0.381 e. The van der Waals surface area contributed by atoms with Gasteiger partial charge in [0, 0.05) is 37.2 Å². The molecule has 1 atom stereocenters. The molecular weight excluding hydrogens is 298 g/mol. The third kappa shape index (κ3) is 3.55. The lowest BCUT2D eigenvalue weighted by Gasteiger charge is -2.29. The van der Waals surface area contributed by atoms with Crippen LogP contribution in [-0.4, -0.2) is 41.8 Å². The van der Waals surface area contributed by atoms with E-state index in [-0.39, 0.29) is 0 Å². The molecule has 1 aromatic heterocycles. The number of methoxy groups -OCH3 is 1. The second-order valence-corrected chi connectivity index (χ2v) is 7.09. The van der Waals surface area contributed by atoms with Crippen LogP contribution in [0.15, 0.2) is 36.7 Å². The topological polar surface area (TPSA) is 30.3 Å². The zero-order valence-electron chi connectivity index (χ0n) is 15.3. The summed E-state index contributed by atoms with van der Waals surface area (Å²) in [5.41, 5.74) is 2.53. The van der Waals surface area contributed by atoms with Crippen molar-refractivity contribution in [3.63, 3.8) is 0 Å². The average molecular weight is 327 g/mol. The summed E-state index contributed by atoms with van der Waals surface area (Å²) in [5, 5.41) is 0. The van der Waals surface area contributed by atoms with Crippen LogP contribution < -0.4 is 0 Å². The Balaban J connectivity index is 1.78. The summed E-state index contributed by atoms with van der Waals surface area (Å²) < 4.78 is 7.86. The molecule has 0 aliphatic heterocycles. The Kier molecular flexibility index (Phi) is 5.36. The molecule has 1 fully saturated rings. The lowest BCUT2D eigenvalue weighted by molar-refractivity contribution is 0.0586. The molecule has 1 saturated carbocycles. The number of rotatable bonds is 5. The van der Waals surface area contributed by atoms with Gasteiger partial charge in [0.25, 0.3) is 0 Å². The molecule has 0 spiro atoms. The van der Waals surface area contributed by atoms with E-state index in [1.165, 1.54) is 11.1 Å². The molecular formula is C20H29N3O. The van der Waals surface area contributed by atoms with E-state index >= 15 is 0 Å². The summed E-state index contributed by atoms with van der Waals surface area (Å²) in [5.74, 6) is 1.08. The van der Waals surface area contributed by atoms with E-state index in [0.29, 0.717) is 18.2 Å². The van der Waals surface area contributed by atoms with Gasteiger partial charge < -0.3 is 14.2 Å². The van der Waals surface area contributed by atoms with Crippen molar-refractivity contribution >= 4 is 0 Å². The molecule has 1 heterocycles. The van der Waals surface area contributed by atoms with Crippen LogP contribution in [0.4, 0.5) is 0 Å². The molecule has 1 unspecified atom stereocenters. The normalized spacial score (nSPS) is 22.7. The van der Waals surface area contributed by atoms with Crippen LogP contribution in [-0.2, 0) is 4.74 Å². The number of imidazole rings is 1. The summed E-state index contributed by atoms with van der Waals surface area (Å²) >= 11 is 0. The molecule has 1 aliphatic rings. The maximum atomic E-state index is 5.50. The van der Waals surface area contributed by atoms with E-state index in [1.54, 1.807) is 0 Å². The highest BCUT2D eigenvalue weighted by Gasteiger charge is 2.23. The van der Waals surface area contributed by atoms with Crippen LogP contribution in [0.5, 0.6) is 0 Å². The molecule has 2 aromatic rings. The summed E-state index contributed by atoms with van der Waals surface area (Å²) in [6.07, 6.45) is 9.09. The van der Waals surface area contributed by atoms with Crippen molar-refractivity contribution in [3.05, 3.63) is 42.2 Å². The van der Waals surface area contributed by atoms with Crippen LogP contribution in [0.25, 0.3) is 11.4 Å². The van der Waals surface area contributed by atoms with Crippen molar-refractivity contribution in [2.45, 2.75) is 50.8 Å². The molecule has 0 N–H and O–H groups in total. The SMILES string of the molecule is COC1CCC(n2ccnc2-c2ccc(C(C)N(C)C)cc2)CC1. The Morgan fingerprint density at radius 1 is 1.12 bits per heavy atom. The molecule has 130 valence electrons. The van der Waals surface area contributed by atoms with Gasteiger partial charge in [-0.3, -0.25) is 0 Å². The van der Waals surface area contributed by atoms with Crippen molar-refractivity contribution in [2.24, 2.45) is 0 Å². The van der Waals surface area contributed by atoms with Gasteiger partial charge >= 0.3 is 0 Å². The van der Waals surface area contributed by atoms with E-state index < -0.39 is 0 Å². The van der Waals surface area contributed by atoms with E-state index in [4.69, 9.17) is 4.74 Å². The average Bonchev–Trinajstić information content (AvgIpc) is 3.11. The van der Waals surface area contributed by atoms with Crippen molar-refractivity contribution < 1.29 is 4.74 Å². The van der Waals surface area contributed by atoms with Crippen molar-refractivity contribution in [1.82, 2.24) is 14.5 Å². The van der Waals surface area contributed by atoms with Gasteiger partial charge in [-0.05, 0) is 52.3 Å². The van der Waals surface area contributed by atoms with Gasteiger partial charge in [0.1, 0.15) is 5.82 Å². The number of hydrogen-bond acceptors (Lipinski definition) is 3. The van der Waals surface area contributed by atoms with Gasteiger partial charge in [-0.25, -0.2) is 4.98 Å². The summed E-state index contributed by atoms with van der Waals surface area (Å²) in [6.45, 7) is 2.23. The van der Waals surface area contributed by atoms with Gasteiger partial charge in [-0.2, -0.15) is 0 Å². The van der Waals surface area contributed by atoms with Crippen molar-refractivity contribution in [2.75, 3.05) is 21.2 Å². The molecule has 0 bridgehead atoms. The Hall–Kier alpha value is -1.65. The quantitative estimate of drug-likeness (QED) is 0.820. The van der Waals surface area contributed by atoms with Crippen molar-refractivity contribution in [3.8, 4) is 11.4 Å². The predicted octanol–water partition coefficient (Wildman–Crippen LogP) is 4.30.